The second-order valence-electron chi connectivity index (χ2n) is 3.04. The van der Waals surface area contributed by atoms with E-state index in [0.29, 0.717) is 16.3 Å². The number of rotatable bonds is 2. The highest BCUT2D eigenvalue weighted by Crippen LogP contribution is 2.08. The Balaban J connectivity index is 2.15. The van der Waals surface area contributed by atoms with Crippen molar-refractivity contribution in [3.8, 4) is 11.8 Å². The Kier molecular flexibility index (Phi) is 3.90. The number of hydrogen-bond donors (Lipinski definition) is 2. The van der Waals surface area contributed by atoms with E-state index in [1.165, 1.54) is 12.4 Å². The van der Waals surface area contributed by atoms with Gasteiger partial charge in [0.05, 0.1) is 5.56 Å². The molecule has 2 N–H and O–H groups in total. The second kappa shape index (κ2) is 5.81. The van der Waals surface area contributed by atoms with Crippen molar-refractivity contribution in [3.63, 3.8) is 0 Å². The van der Waals surface area contributed by atoms with Crippen LogP contribution in [-0.4, -0.2) is 37.4 Å². The van der Waals surface area contributed by atoms with Gasteiger partial charge in [-0.25, -0.2) is 0 Å². The molecule has 0 aliphatic carbocycles. The normalized spacial score (nSPS) is 9.39. The molecule has 8 heteroatoms. The van der Waals surface area contributed by atoms with Crippen LogP contribution in [0.5, 0.6) is 0 Å². The van der Waals surface area contributed by atoms with Gasteiger partial charge in [0.1, 0.15) is 6.61 Å². The smallest absolute Gasteiger partial charge is 0.259 e. The molecule has 2 aromatic rings. The van der Waals surface area contributed by atoms with Crippen LogP contribution in [-0.2, 0) is 0 Å². The number of aliphatic hydroxyl groups is 1. The fraction of sp³-hybridized carbons (Fsp3) is 0.100. The van der Waals surface area contributed by atoms with Crippen LogP contribution in [0.2, 0.25) is 0 Å². The van der Waals surface area contributed by atoms with Crippen molar-refractivity contribution in [2.45, 2.75) is 0 Å². The maximum atomic E-state index is 11.8. The number of carbonyl (C=O) groups excluding carboxylic acids is 1. The van der Waals surface area contributed by atoms with E-state index in [1.54, 1.807) is 6.07 Å². The van der Waals surface area contributed by atoms with E-state index in [-0.39, 0.29) is 12.5 Å². The van der Waals surface area contributed by atoms with Crippen molar-refractivity contribution in [3.05, 3.63) is 29.6 Å². The van der Waals surface area contributed by atoms with Crippen LogP contribution < -0.4 is 5.32 Å². The number of anilines is 1. The first-order valence-corrected chi connectivity index (χ1v) is 5.58. The van der Waals surface area contributed by atoms with Crippen molar-refractivity contribution in [2.24, 2.45) is 0 Å². The highest BCUT2D eigenvalue weighted by atomic mass is 32.1. The first-order valence-electron chi connectivity index (χ1n) is 4.81. The molecule has 0 aliphatic rings. The van der Waals surface area contributed by atoms with Crippen molar-refractivity contribution in [1.82, 2.24) is 19.8 Å². The zero-order valence-corrected chi connectivity index (χ0v) is 9.81. The van der Waals surface area contributed by atoms with E-state index in [0.717, 1.165) is 11.5 Å². The standard InChI is InChI=1S/C10H7N5O2S/c16-3-1-2-7-4-8(6-11-5-7)9(17)12-10-13-14-15-18-10/h4-6,16H,3H2,(H,12,13,15,17). The first-order chi connectivity index (χ1) is 8.79. The van der Waals surface area contributed by atoms with Crippen molar-refractivity contribution in [2.75, 3.05) is 11.9 Å². The van der Waals surface area contributed by atoms with Gasteiger partial charge in [0.25, 0.3) is 5.91 Å². The molecule has 90 valence electrons. The molecule has 0 aliphatic heterocycles. The third-order valence-electron chi connectivity index (χ3n) is 1.83. The fourth-order valence-electron chi connectivity index (χ4n) is 1.13. The summed E-state index contributed by atoms with van der Waals surface area (Å²) in [4.78, 5) is 15.7. The Morgan fingerprint density at radius 3 is 3.11 bits per heavy atom. The summed E-state index contributed by atoms with van der Waals surface area (Å²) in [6, 6.07) is 1.57. The van der Waals surface area contributed by atoms with Crippen LogP contribution in [0.1, 0.15) is 15.9 Å². The Bertz CT molecular complexity index is 602. The van der Waals surface area contributed by atoms with Gasteiger partial charge in [0.15, 0.2) is 0 Å². The van der Waals surface area contributed by atoms with Crippen molar-refractivity contribution >= 4 is 22.6 Å². The number of amides is 1. The van der Waals surface area contributed by atoms with Gasteiger partial charge in [-0.2, -0.15) is 0 Å². The summed E-state index contributed by atoms with van der Waals surface area (Å²) in [6.45, 7) is -0.243. The zero-order valence-electron chi connectivity index (χ0n) is 8.99. The van der Waals surface area contributed by atoms with Gasteiger partial charge in [0, 0.05) is 29.5 Å². The lowest BCUT2D eigenvalue weighted by molar-refractivity contribution is 0.102. The zero-order chi connectivity index (χ0) is 12.8. The molecular formula is C10H7N5O2S. The van der Waals surface area contributed by atoms with Gasteiger partial charge >= 0.3 is 0 Å². The van der Waals surface area contributed by atoms with Crippen molar-refractivity contribution in [1.29, 1.82) is 0 Å². The number of nitrogens with one attached hydrogen (secondary N) is 1. The third-order valence-corrected chi connectivity index (χ3v) is 2.34. The van der Waals surface area contributed by atoms with E-state index in [2.05, 4.69) is 36.9 Å². The highest BCUT2D eigenvalue weighted by molar-refractivity contribution is 7.09. The average molecular weight is 261 g/mol. The Morgan fingerprint density at radius 2 is 2.39 bits per heavy atom. The highest BCUT2D eigenvalue weighted by Gasteiger charge is 2.09. The molecule has 0 fully saturated rings. The lowest BCUT2D eigenvalue weighted by Gasteiger charge is -2.00. The van der Waals surface area contributed by atoms with E-state index in [1.807, 2.05) is 0 Å². The SMILES string of the molecule is O=C(Nc1nnns1)c1cncc(C#CCO)c1. The largest absolute Gasteiger partial charge is 0.384 e. The van der Waals surface area contributed by atoms with E-state index in [9.17, 15) is 4.79 Å². The van der Waals surface area contributed by atoms with Gasteiger partial charge < -0.3 is 5.11 Å². The number of aromatic nitrogens is 4. The third kappa shape index (κ3) is 3.07. The van der Waals surface area contributed by atoms with Gasteiger partial charge in [-0.1, -0.05) is 21.4 Å². The Hall–Kier alpha value is -2.37. The van der Waals surface area contributed by atoms with Crippen LogP contribution in [0.25, 0.3) is 0 Å². The fourth-order valence-corrected chi connectivity index (χ4v) is 1.49. The minimum atomic E-state index is -0.367. The lowest BCUT2D eigenvalue weighted by Crippen LogP contribution is -2.12. The number of hydrogen-bond acceptors (Lipinski definition) is 7. The van der Waals surface area contributed by atoms with E-state index >= 15 is 0 Å². The molecule has 0 unspecified atom stereocenters. The minimum absolute atomic E-state index is 0.243. The van der Waals surface area contributed by atoms with Crippen LogP contribution >= 0.6 is 11.5 Å². The maximum absolute atomic E-state index is 11.8. The van der Waals surface area contributed by atoms with Crippen LogP contribution in [0, 0.1) is 11.8 Å². The Morgan fingerprint density at radius 1 is 1.50 bits per heavy atom. The summed E-state index contributed by atoms with van der Waals surface area (Å²) in [5.74, 6) is 4.78. The van der Waals surface area contributed by atoms with Crippen molar-refractivity contribution < 1.29 is 9.90 Å². The number of pyridine rings is 1. The summed E-state index contributed by atoms with van der Waals surface area (Å²) in [5, 5.41) is 18.4. The number of carbonyl (C=O) groups is 1. The molecule has 0 bridgehead atoms. The molecule has 2 aromatic heterocycles. The molecule has 0 atom stereocenters. The summed E-state index contributed by atoms with van der Waals surface area (Å²) in [7, 11) is 0. The second-order valence-corrected chi connectivity index (χ2v) is 3.78. The van der Waals surface area contributed by atoms with E-state index in [4.69, 9.17) is 5.11 Å². The molecule has 0 saturated carbocycles. The predicted octanol–water partition coefficient (Wildman–Crippen LogP) is -0.0758. The first kappa shape index (κ1) is 12.1. The van der Waals surface area contributed by atoms with Gasteiger partial charge in [0.2, 0.25) is 5.13 Å². The average Bonchev–Trinajstić information content (AvgIpc) is 2.89. The molecule has 2 rings (SSSR count). The summed E-state index contributed by atoms with van der Waals surface area (Å²) >= 11 is 0.978. The topological polar surface area (TPSA) is 101 Å². The predicted molar refractivity (Wildman–Crippen MR) is 63.9 cm³/mol. The molecular weight excluding hydrogens is 254 g/mol. The molecule has 0 spiro atoms. The molecule has 1 amide bonds. The molecule has 0 saturated heterocycles. The van der Waals surface area contributed by atoms with Crippen LogP contribution in [0.4, 0.5) is 5.13 Å². The molecule has 18 heavy (non-hydrogen) atoms. The minimum Gasteiger partial charge on any atom is -0.384 e. The molecule has 7 nitrogen and oxygen atoms in total. The quantitative estimate of drug-likeness (QED) is 0.733. The maximum Gasteiger partial charge on any atom is 0.259 e. The summed E-state index contributed by atoms with van der Waals surface area (Å²) in [5.41, 5.74) is 0.891. The van der Waals surface area contributed by atoms with Crippen LogP contribution in [0.3, 0.4) is 0 Å². The summed E-state index contributed by atoms with van der Waals surface area (Å²) < 4.78 is 3.53. The monoisotopic (exact) mass is 261 g/mol. The summed E-state index contributed by atoms with van der Waals surface area (Å²) in [6.07, 6.45) is 2.92. The lowest BCUT2D eigenvalue weighted by atomic mass is 10.2. The molecule has 2 heterocycles. The number of aliphatic hydroxyl groups excluding tert-OH is 1. The number of nitrogens with zero attached hydrogens (tertiary/aromatic N) is 4. The molecule has 0 radical (unpaired) electrons. The van der Waals surface area contributed by atoms with E-state index < -0.39 is 0 Å². The van der Waals surface area contributed by atoms with Gasteiger partial charge in [-0.15, -0.1) is 0 Å². The molecule has 0 aromatic carbocycles. The Labute approximate surface area is 106 Å². The van der Waals surface area contributed by atoms with Gasteiger partial charge in [-0.05, 0) is 11.3 Å². The van der Waals surface area contributed by atoms with Gasteiger partial charge in [-0.3, -0.25) is 15.1 Å². The van der Waals surface area contributed by atoms with Crippen LogP contribution in [0.15, 0.2) is 18.5 Å².